The van der Waals surface area contributed by atoms with E-state index in [0.29, 0.717) is 13.0 Å². The molecule has 1 heterocycles. The van der Waals surface area contributed by atoms with Crippen LogP contribution in [0.5, 0.6) is 0 Å². The first-order chi connectivity index (χ1) is 7.36. The molecule has 0 amide bonds. The van der Waals surface area contributed by atoms with E-state index in [9.17, 15) is 4.79 Å². The zero-order valence-electron chi connectivity index (χ0n) is 10.4. The molecule has 0 aliphatic heterocycles. The van der Waals surface area contributed by atoms with Crippen LogP contribution in [0.15, 0.2) is 5.51 Å². The molecule has 0 bridgehead atoms. The van der Waals surface area contributed by atoms with Gasteiger partial charge in [-0.3, -0.25) is 4.79 Å². The molecule has 0 spiro atoms. The number of aliphatic hydroxyl groups excluding tert-OH is 1. The topological polar surface area (TPSA) is 41.2 Å². The van der Waals surface area contributed by atoms with E-state index in [0.717, 1.165) is 10.6 Å². The molecule has 3 nitrogen and oxygen atoms in total. The van der Waals surface area contributed by atoms with Crippen molar-refractivity contribution in [2.24, 2.45) is 5.41 Å². The van der Waals surface area contributed by atoms with Crippen molar-refractivity contribution in [2.75, 3.05) is 6.61 Å². The van der Waals surface area contributed by atoms with Crippen molar-refractivity contribution in [3.05, 3.63) is 16.1 Å². The lowest BCUT2D eigenvalue weighted by Crippen LogP contribution is -2.42. The molecule has 0 unspecified atom stereocenters. The Morgan fingerprint density at radius 1 is 1.50 bits per heavy atom. The van der Waals surface area contributed by atoms with Gasteiger partial charge in [0.05, 0.1) is 4.88 Å². The fraction of sp³-hybridized carbons (Fsp3) is 0.667. The summed E-state index contributed by atoms with van der Waals surface area (Å²) >= 11 is 1.60. The predicted molar refractivity (Wildman–Crippen MR) is 64.5 cm³/mol. The number of carbonyl (C=O) groups is 1. The van der Waals surface area contributed by atoms with E-state index in [1.54, 1.807) is 11.3 Å². The van der Waals surface area contributed by atoms with Gasteiger partial charge >= 0.3 is 0 Å². The van der Waals surface area contributed by atoms with Gasteiger partial charge in [-0.15, -0.1) is 0 Å². The van der Waals surface area contributed by atoms with Crippen molar-refractivity contribution in [3.63, 3.8) is 0 Å². The molecule has 1 N–H and O–H groups in total. The van der Waals surface area contributed by atoms with Crippen molar-refractivity contribution < 1.29 is 14.5 Å². The van der Waals surface area contributed by atoms with Crippen molar-refractivity contribution in [3.8, 4) is 0 Å². The Balaban J connectivity index is 2.79. The van der Waals surface area contributed by atoms with E-state index in [2.05, 4.69) is 0 Å². The third kappa shape index (κ3) is 3.12. The minimum Gasteiger partial charge on any atom is -0.396 e. The van der Waals surface area contributed by atoms with Crippen molar-refractivity contribution in [2.45, 2.75) is 40.7 Å². The third-order valence-electron chi connectivity index (χ3n) is 2.65. The second-order valence-corrected chi connectivity index (χ2v) is 5.95. The number of ketones is 1. The number of hydrogen-bond donors (Lipinski definition) is 1. The largest absolute Gasteiger partial charge is 0.396 e. The highest BCUT2D eigenvalue weighted by Gasteiger charge is 2.26. The molecular weight excluding hydrogens is 222 g/mol. The summed E-state index contributed by atoms with van der Waals surface area (Å²) in [5.41, 5.74) is 2.76. The van der Waals surface area contributed by atoms with Gasteiger partial charge in [-0.25, -0.2) is 0 Å². The van der Waals surface area contributed by atoms with E-state index in [1.165, 1.54) is 0 Å². The van der Waals surface area contributed by atoms with Crippen LogP contribution in [-0.4, -0.2) is 17.5 Å². The molecule has 90 valence electrons. The van der Waals surface area contributed by atoms with Crippen LogP contribution in [0.25, 0.3) is 0 Å². The van der Waals surface area contributed by atoms with Crippen LogP contribution >= 0.6 is 11.3 Å². The van der Waals surface area contributed by atoms with E-state index in [-0.39, 0.29) is 17.8 Å². The van der Waals surface area contributed by atoms with E-state index in [1.807, 2.05) is 37.8 Å². The maximum atomic E-state index is 11.9. The van der Waals surface area contributed by atoms with Crippen LogP contribution in [-0.2, 0) is 17.8 Å². The molecule has 0 fully saturated rings. The van der Waals surface area contributed by atoms with Crippen LogP contribution in [0.4, 0.5) is 0 Å². The lowest BCUT2D eigenvalue weighted by molar-refractivity contribution is -0.686. The number of rotatable bonds is 4. The van der Waals surface area contributed by atoms with Gasteiger partial charge < -0.3 is 5.11 Å². The number of nitrogens with zero attached hydrogens (tertiary/aromatic N) is 1. The Hall–Kier alpha value is -0.740. The van der Waals surface area contributed by atoms with Crippen molar-refractivity contribution in [1.29, 1.82) is 0 Å². The van der Waals surface area contributed by atoms with Crippen LogP contribution < -0.4 is 4.57 Å². The third-order valence-corrected chi connectivity index (χ3v) is 3.79. The monoisotopic (exact) mass is 242 g/mol. The molecule has 4 heteroatoms. The maximum absolute atomic E-state index is 11.9. The molecule has 0 aromatic carbocycles. The number of thiazole rings is 1. The molecule has 1 aromatic rings. The molecule has 16 heavy (non-hydrogen) atoms. The normalized spacial score (nSPS) is 11.8. The number of Topliss-reactive ketones (excluding diaryl/α,β-unsaturated/α-hetero) is 1. The van der Waals surface area contributed by atoms with Crippen molar-refractivity contribution in [1.82, 2.24) is 0 Å². The van der Waals surface area contributed by atoms with E-state index >= 15 is 0 Å². The molecule has 1 rings (SSSR count). The Morgan fingerprint density at radius 2 is 2.12 bits per heavy atom. The lowest BCUT2D eigenvalue weighted by atomic mass is 9.91. The van der Waals surface area contributed by atoms with Crippen LogP contribution in [0, 0.1) is 12.3 Å². The summed E-state index contributed by atoms with van der Waals surface area (Å²) < 4.78 is 1.98. The smallest absolute Gasteiger partial charge is 0.225 e. The van der Waals surface area contributed by atoms with E-state index < -0.39 is 0 Å². The van der Waals surface area contributed by atoms with Crippen molar-refractivity contribution >= 4 is 17.1 Å². The molecular formula is C12H20NO2S+. The predicted octanol–water partition coefficient (Wildman–Crippen LogP) is 1.49. The zero-order valence-corrected chi connectivity index (χ0v) is 11.2. The number of aliphatic hydroxyl groups is 1. The quantitative estimate of drug-likeness (QED) is 0.813. The molecule has 0 saturated carbocycles. The Morgan fingerprint density at radius 3 is 2.62 bits per heavy atom. The molecule has 0 radical (unpaired) electrons. The molecule has 1 aromatic heterocycles. The lowest BCUT2D eigenvalue weighted by Gasteiger charge is -2.13. The fourth-order valence-corrected chi connectivity index (χ4v) is 2.32. The average molecular weight is 242 g/mol. The van der Waals surface area contributed by atoms with Gasteiger partial charge in [0.15, 0.2) is 5.69 Å². The molecule has 0 aliphatic carbocycles. The van der Waals surface area contributed by atoms with Gasteiger partial charge in [-0.1, -0.05) is 32.1 Å². The summed E-state index contributed by atoms with van der Waals surface area (Å²) in [6, 6.07) is 0. The second-order valence-electron chi connectivity index (χ2n) is 5.01. The number of aromatic nitrogens is 1. The van der Waals surface area contributed by atoms with E-state index in [4.69, 9.17) is 5.11 Å². The number of carbonyl (C=O) groups excluding carboxylic acids is 1. The minimum absolute atomic E-state index is 0.161. The first-order valence-corrected chi connectivity index (χ1v) is 6.34. The molecule has 0 saturated heterocycles. The summed E-state index contributed by atoms with van der Waals surface area (Å²) in [7, 11) is 0. The highest BCUT2D eigenvalue weighted by Crippen LogP contribution is 2.16. The minimum atomic E-state index is -0.293. The Labute approximate surface area is 101 Å². The van der Waals surface area contributed by atoms with Gasteiger partial charge in [-0.05, 0) is 0 Å². The fourth-order valence-electron chi connectivity index (χ4n) is 1.34. The highest BCUT2D eigenvalue weighted by atomic mass is 32.1. The summed E-state index contributed by atoms with van der Waals surface area (Å²) in [6.45, 7) is 8.40. The van der Waals surface area contributed by atoms with Gasteiger partial charge in [-0.2, -0.15) is 4.57 Å². The summed E-state index contributed by atoms with van der Waals surface area (Å²) in [6.07, 6.45) is 0.674. The van der Waals surface area contributed by atoms with Crippen LogP contribution in [0.2, 0.25) is 0 Å². The standard InChI is InChI=1S/C12H20NO2S/c1-9-10(5-6-14)16-8-13(9)7-11(15)12(2,3)4/h8,14H,5-7H2,1-4H3/q+1. The Kier molecular flexibility index (Phi) is 4.21. The van der Waals surface area contributed by atoms with Crippen LogP contribution in [0.1, 0.15) is 31.3 Å². The molecule has 0 atom stereocenters. The maximum Gasteiger partial charge on any atom is 0.225 e. The zero-order chi connectivity index (χ0) is 12.3. The summed E-state index contributed by atoms with van der Waals surface area (Å²) in [4.78, 5) is 13.0. The Bertz CT molecular complexity index is 377. The average Bonchev–Trinajstić information content (AvgIpc) is 2.49. The van der Waals surface area contributed by atoms with Gasteiger partial charge in [0.2, 0.25) is 17.8 Å². The number of hydrogen-bond acceptors (Lipinski definition) is 3. The van der Waals surface area contributed by atoms with Crippen LogP contribution in [0.3, 0.4) is 0 Å². The summed E-state index contributed by atoms with van der Waals surface area (Å²) in [5, 5.41) is 8.90. The highest BCUT2D eigenvalue weighted by molar-refractivity contribution is 7.09. The first kappa shape index (κ1) is 13.3. The first-order valence-electron chi connectivity index (χ1n) is 5.47. The van der Waals surface area contributed by atoms with Gasteiger partial charge in [0.25, 0.3) is 0 Å². The van der Waals surface area contributed by atoms with Gasteiger partial charge in [0.1, 0.15) is 0 Å². The summed E-state index contributed by atoms with van der Waals surface area (Å²) in [5.74, 6) is 0.231. The van der Waals surface area contributed by atoms with Gasteiger partial charge in [0, 0.05) is 25.4 Å². The second kappa shape index (κ2) is 5.06. The molecule has 0 aliphatic rings. The SMILES string of the molecule is Cc1c(CCO)sc[n+]1CC(=O)C(C)(C)C.